The molecule has 118 valence electrons. The number of carboxylic acid groups (broad SMARTS) is 1. The van der Waals surface area contributed by atoms with E-state index in [1.54, 1.807) is 6.08 Å². The van der Waals surface area contributed by atoms with Crippen molar-refractivity contribution in [2.24, 2.45) is 11.7 Å². The van der Waals surface area contributed by atoms with Gasteiger partial charge in [-0.3, -0.25) is 9.59 Å². The number of aliphatic carboxylic acids is 1. The van der Waals surface area contributed by atoms with Gasteiger partial charge in [0.05, 0.1) is 5.70 Å². The fourth-order valence-electron chi connectivity index (χ4n) is 1.89. The molecule has 8 heteroatoms. The Morgan fingerprint density at radius 1 is 1.33 bits per heavy atom. The lowest BCUT2D eigenvalue weighted by Gasteiger charge is -2.29. The number of hydrogen-bond acceptors (Lipinski definition) is 3. The van der Waals surface area contributed by atoms with Gasteiger partial charge in [-0.05, 0) is 48.1 Å². The molecule has 0 saturated carbocycles. The van der Waals surface area contributed by atoms with Crippen LogP contribution in [0.2, 0.25) is 0 Å². The molecule has 1 amide bonds. The maximum absolute atomic E-state index is 11.9. The van der Waals surface area contributed by atoms with Crippen LogP contribution in [0.4, 0.5) is 0 Å². The van der Waals surface area contributed by atoms with E-state index in [0.717, 1.165) is 19.3 Å². The number of halogens is 3. The number of amides is 1. The zero-order chi connectivity index (χ0) is 16.0. The van der Waals surface area contributed by atoms with E-state index < -0.39 is 13.3 Å². The first-order valence-electron chi connectivity index (χ1n) is 6.49. The number of carboxylic acids is 1. The molecule has 0 aromatic heterocycles. The fourth-order valence-corrected chi connectivity index (χ4v) is 5.67. The molecule has 1 aliphatic rings. The third kappa shape index (κ3) is 5.94. The number of hydrogen-bond donors (Lipinski definition) is 3. The molecule has 4 N–H and O–H groups in total. The first kappa shape index (κ1) is 19.6. The maximum Gasteiger partial charge on any atom is 0.314 e. The van der Waals surface area contributed by atoms with E-state index in [1.807, 2.05) is 28.7 Å². The highest BCUT2D eigenvalue weighted by molar-refractivity contribution is 14.2. The maximum atomic E-state index is 11.9. The van der Waals surface area contributed by atoms with E-state index in [9.17, 15) is 14.7 Å². The van der Waals surface area contributed by atoms with E-state index in [0.29, 0.717) is 22.2 Å². The Labute approximate surface area is 165 Å². The van der Waals surface area contributed by atoms with Crippen LogP contribution in [0.3, 0.4) is 0 Å². The Kier molecular flexibility index (Phi) is 8.42. The lowest BCUT2D eigenvalue weighted by molar-refractivity contribution is -0.140. The number of nitrogens with two attached hydrogens (primary N) is 1. The number of rotatable bonds is 7. The first-order chi connectivity index (χ1) is 9.79. The lowest BCUT2D eigenvalue weighted by atomic mass is 9.99. The average Bonchev–Trinajstić information content (AvgIpc) is 2.37. The van der Waals surface area contributed by atoms with Gasteiger partial charge in [0, 0.05) is 10.0 Å². The fraction of sp³-hybridized carbons (Fsp3) is 0.538. The second-order valence-corrected chi connectivity index (χ2v) is 11.5. The number of carbonyl (C=O) groups is 2. The Morgan fingerprint density at radius 3 is 2.57 bits per heavy atom. The molecule has 0 fully saturated rings. The van der Waals surface area contributed by atoms with Crippen LogP contribution in [0.15, 0.2) is 21.4 Å². The minimum atomic E-state index is -0.887. The SMILES string of the molecule is NCCCCCC(=O)NC1=C(I)C(C(=O)O)C(I)(I)C=C1. The minimum absolute atomic E-state index is 0.0839. The summed E-state index contributed by atoms with van der Waals surface area (Å²) in [5, 5.41) is 12.2. The van der Waals surface area contributed by atoms with Crippen LogP contribution in [-0.4, -0.2) is 25.0 Å². The Bertz CT molecular complexity index is 475. The molecule has 1 aliphatic carbocycles. The molecule has 0 saturated heterocycles. The standard InChI is InChI=1S/C13H17I3N2O3/c14-11-8(18-9(19)4-2-1-3-7-17)5-6-13(15,16)10(11)12(20)21/h5-6,10H,1-4,7,17H2,(H,18,19)(H,20,21). The van der Waals surface area contributed by atoms with Crippen LogP contribution < -0.4 is 11.1 Å². The number of nitrogens with one attached hydrogen (secondary N) is 1. The van der Waals surface area contributed by atoms with Crippen molar-refractivity contribution >= 4 is 79.6 Å². The first-order valence-corrected chi connectivity index (χ1v) is 9.72. The summed E-state index contributed by atoms with van der Waals surface area (Å²) in [5.74, 6) is -1.63. The summed E-state index contributed by atoms with van der Waals surface area (Å²) in [5.41, 5.74) is 6.00. The van der Waals surface area contributed by atoms with Crippen molar-refractivity contribution in [1.29, 1.82) is 0 Å². The average molecular weight is 630 g/mol. The second-order valence-electron chi connectivity index (χ2n) is 4.69. The van der Waals surface area contributed by atoms with E-state index >= 15 is 0 Å². The molecule has 1 unspecified atom stereocenters. The van der Waals surface area contributed by atoms with Crippen LogP contribution >= 0.6 is 67.8 Å². The topological polar surface area (TPSA) is 92.4 Å². The molecule has 0 radical (unpaired) electrons. The smallest absolute Gasteiger partial charge is 0.314 e. The van der Waals surface area contributed by atoms with Gasteiger partial charge in [0.25, 0.3) is 0 Å². The van der Waals surface area contributed by atoms with Gasteiger partial charge >= 0.3 is 5.97 Å². The summed E-state index contributed by atoms with van der Waals surface area (Å²) in [7, 11) is 0. The van der Waals surface area contributed by atoms with Crippen molar-refractivity contribution in [2.45, 2.75) is 27.1 Å². The molecule has 0 heterocycles. The predicted molar refractivity (Wildman–Crippen MR) is 108 cm³/mol. The van der Waals surface area contributed by atoms with Crippen LogP contribution in [-0.2, 0) is 9.59 Å². The molecule has 21 heavy (non-hydrogen) atoms. The van der Waals surface area contributed by atoms with Gasteiger partial charge in [-0.25, -0.2) is 0 Å². The highest BCUT2D eigenvalue weighted by atomic mass is 127. The van der Waals surface area contributed by atoms with Gasteiger partial charge in [0.2, 0.25) is 5.91 Å². The van der Waals surface area contributed by atoms with Crippen molar-refractivity contribution in [1.82, 2.24) is 5.32 Å². The summed E-state index contributed by atoms with van der Waals surface area (Å²) in [4.78, 5) is 23.3. The van der Waals surface area contributed by atoms with Gasteiger partial charge in [0.1, 0.15) is 7.35 Å². The van der Waals surface area contributed by atoms with Crippen LogP contribution in [0, 0.1) is 5.92 Å². The normalized spacial score (nSPS) is 20.5. The summed E-state index contributed by atoms with van der Waals surface area (Å²) >= 11 is 6.24. The zero-order valence-corrected chi connectivity index (χ0v) is 17.7. The van der Waals surface area contributed by atoms with Gasteiger partial charge in [0.15, 0.2) is 0 Å². The number of allylic oxidation sites excluding steroid dienone is 2. The minimum Gasteiger partial charge on any atom is -0.481 e. The third-order valence-corrected chi connectivity index (χ3v) is 6.17. The number of alkyl halides is 2. The molecule has 1 atom stereocenters. The summed E-state index contributed by atoms with van der Waals surface area (Å²) < 4.78 is 0.134. The molecule has 0 spiro atoms. The van der Waals surface area contributed by atoms with Crippen molar-refractivity contribution in [3.05, 3.63) is 21.4 Å². The molecule has 5 nitrogen and oxygen atoms in total. The predicted octanol–water partition coefficient (Wildman–Crippen LogP) is 3.11. The van der Waals surface area contributed by atoms with Crippen molar-refractivity contribution in [3.63, 3.8) is 0 Å². The largest absolute Gasteiger partial charge is 0.481 e. The van der Waals surface area contributed by atoms with Gasteiger partial charge in [-0.1, -0.05) is 57.7 Å². The van der Waals surface area contributed by atoms with Crippen LogP contribution in [0.25, 0.3) is 0 Å². The highest BCUT2D eigenvalue weighted by Gasteiger charge is 2.42. The molecular formula is C13H17I3N2O3. The third-order valence-electron chi connectivity index (χ3n) is 3.00. The summed E-state index contributed by atoms with van der Waals surface area (Å²) in [6.07, 6.45) is 6.68. The van der Waals surface area contributed by atoms with Crippen molar-refractivity contribution in [2.75, 3.05) is 6.54 Å². The Balaban J connectivity index is 2.70. The zero-order valence-electron chi connectivity index (χ0n) is 11.2. The summed E-state index contributed by atoms with van der Waals surface area (Å²) in [6, 6.07) is 0. The van der Waals surface area contributed by atoms with Gasteiger partial charge in [-0.15, -0.1) is 0 Å². The second kappa shape index (κ2) is 9.01. The van der Waals surface area contributed by atoms with Crippen LogP contribution in [0.1, 0.15) is 25.7 Å². The van der Waals surface area contributed by atoms with Crippen molar-refractivity contribution in [3.8, 4) is 0 Å². The number of unbranched alkanes of at least 4 members (excludes halogenated alkanes) is 2. The Hall–Kier alpha value is 0.570. The quantitative estimate of drug-likeness (QED) is 0.229. The van der Waals surface area contributed by atoms with Gasteiger partial charge in [-0.2, -0.15) is 0 Å². The molecule has 0 bridgehead atoms. The van der Waals surface area contributed by atoms with Gasteiger partial charge < -0.3 is 16.2 Å². The highest BCUT2D eigenvalue weighted by Crippen LogP contribution is 2.47. The Morgan fingerprint density at radius 2 is 2.00 bits per heavy atom. The van der Waals surface area contributed by atoms with E-state index in [2.05, 4.69) is 50.5 Å². The van der Waals surface area contributed by atoms with E-state index in [-0.39, 0.29) is 5.91 Å². The molecule has 0 aromatic carbocycles. The molecule has 0 aliphatic heterocycles. The summed E-state index contributed by atoms with van der Waals surface area (Å²) in [6.45, 7) is 0.640. The van der Waals surface area contributed by atoms with Crippen molar-refractivity contribution < 1.29 is 14.7 Å². The van der Waals surface area contributed by atoms with E-state index in [1.165, 1.54) is 0 Å². The van der Waals surface area contributed by atoms with E-state index in [4.69, 9.17) is 5.73 Å². The molecule has 0 aromatic rings. The number of carbonyl (C=O) groups excluding carboxylic acids is 1. The lowest BCUT2D eigenvalue weighted by Crippen LogP contribution is -2.35. The molecular weight excluding hydrogens is 613 g/mol. The molecule has 1 rings (SSSR count). The monoisotopic (exact) mass is 630 g/mol. The van der Waals surface area contributed by atoms with Crippen LogP contribution in [0.5, 0.6) is 0 Å².